The second kappa shape index (κ2) is 5.35. The van der Waals surface area contributed by atoms with Crippen molar-refractivity contribution in [2.24, 2.45) is 0 Å². The van der Waals surface area contributed by atoms with Crippen LogP contribution in [0, 0.1) is 0 Å². The average Bonchev–Trinajstić information content (AvgIpc) is 2.49. The highest BCUT2D eigenvalue weighted by Gasteiger charge is 2.05. The third-order valence-electron chi connectivity index (χ3n) is 2.91. The van der Waals surface area contributed by atoms with Crippen molar-refractivity contribution in [3.8, 4) is 5.75 Å². The maximum atomic E-state index is 6.15. The van der Waals surface area contributed by atoms with Crippen molar-refractivity contribution >= 4 is 34.1 Å². The Morgan fingerprint density at radius 1 is 1.15 bits per heavy atom. The molecule has 0 aliphatic rings. The monoisotopic (exact) mass is 285 g/mol. The molecule has 0 spiro atoms. The van der Waals surface area contributed by atoms with Crippen LogP contribution in [0.5, 0.6) is 5.75 Å². The van der Waals surface area contributed by atoms with E-state index in [1.54, 1.807) is 31.5 Å². The minimum atomic E-state index is 0.499. The molecule has 0 bridgehead atoms. The lowest BCUT2D eigenvalue weighted by molar-refractivity contribution is 0.415. The molecule has 100 valence electrons. The Kier molecular flexibility index (Phi) is 3.39. The zero-order valence-corrected chi connectivity index (χ0v) is 11.6. The second-order valence-electron chi connectivity index (χ2n) is 4.22. The molecule has 5 heteroatoms. The minimum Gasteiger partial charge on any atom is -0.497 e. The molecule has 3 rings (SSSR count). The van der Waals surface area contributed by atoms with Crippen molar-refractivity contribution in [2.45, 2.75) is 0 Å². The molecule has 1 heterocycles. The fourth-order valence-electron chi connectivity index (χ4n) is 1.88. The Labute approximate surface area is 121 Å². The van der Waals surface area contributed by atoms with E-state index >= 15 is 0 Å². The number of methoxy groups -OCH3 is 1. The van der Waals surface area contributed by atoms with Crippen LogP contribution < -0.4 is 10.1 Å². The van der Waals surface area contributed by atoms with Gasteiger partial charge in [-0.3, -0.25) is 0 Å². The fraction of sp³-hybridized carbons (Fsp3) is 0.0667. The van der Waals surface area contributed by atoms with Gasteiger partial charge in [0.25, 0.3) is 0 Å². The number of nitrogens with one attached hydrogen (secondary N) is 1. The van der Waals surface area contributed by atoms with Crippen LogP contribution in [0.1, 0.15) is 0 Å². The zero-order chi connectivity index (χ0) is 13.9. The number of hydrogen-bond acceptors (Lipinski definition) is 4. The molecule has 4 nitrogen and oxygen atoms in total. The number of anilines is 2. The second-order valence-corrected chi connectivity index (χ2v) is 4.63. The van der Waals surface area contributed by atoms with Crippen molar-refractivity contribution in [2.75, 3.05) is 12.4 Å². The van der Waals surface area contributed by atoms with E-state index in [0.717, 1.165) is 16.7 Å². The number of halogens is 1. The topological polar surface area (TPSA) is 47.0 Å². The lowest BCUT2D eigenvalue weighted by atomic mass is 10.2. The van der Waals surface area contributed by atoms with Gasteiger partial charge in [0, 0.05) is 17.6 Å². The molecule has 1 aromatic heterocycles. The van der Waals surface area contributed by atoms with Gasteiger partial charge < -0.3 is 10.1 Å². The molecule has 1 N–H and O–H groups in total. The summed E-state index contributed by atoms with van der Waals surface area (Å²) in [5.74, 6) is 1.22. The van der Waals surface area contributed by atoms with E-state index in [-0.39, 0.29) is 0 Å². The summed E-state index contributed by atoms with van der Waals surface area (Å²) in [7, 11) is 1.61. The van der Waals surface area contributed by atoms with Crippen LogP contribution in [0.3, 0.4) is 0 Å². The van der Waals surface area contributed by atoms with Crippen LogP contribution in [0.2, 0.25) is 5.02 Å². The summed E-state index contributed by atoms with van der Waals surface area (Å²) in [4.78, 5) is 8.72. The minimum absolute atomic E-state index is 0.499. The van der Waals surface area contributed by atoms with Crippen LogP contribution in [0.4, 0.5) is 11.6 Å². The Morgan fingerprint density at radius 2 is 2.00 bits per heavy atom. The summed E-state index contributed by atoms with van der Waals surface area (Å²) in [5, 5.41) is 4.69. The van der Waals surface area contributed by atoms with Gasteiger partial charge in [0.1, 0.15) is 5.75 Å². The Morgan fingerprint density at radius 3 is 2.85 bits per heavy atom. The maximum Gasteiger partial charge on any atom is 0.227 e. The maximum absolute atomic E-state index is 6.15. The van der Waals surface area contributed by atoms with Gasteiger partial charge in [0.05, 0.1) is 23.3 Å². The average molecular weight is 286 g/mol. The highest BCUT2D eigenvalue weighted by molar-refractivity contribution is 6.33. The largest absolute Gasteiger partial charge is 0.497 e. The molecule has 0 atom stereocenters. The SMILES string of the molecule is COc1ccc(Cl)c(Nc2ncc3ccccc3n2)c1. The van der Waals surface area contributed by atoms with Gasteiger partial charge in [-0.2, -0.15) is 0 Å². The Hall–Kier alpha value is -2.33. The van der Waals surface area contributed by atoms with Crippen LogP contribution in [-0.4, -0.2) is 17.1 Å². The highest BCUT2D eigenvalue weighted by atomic mass is 35.5. The molecular weight excluding hydrogens is 274 g/mol. The van der Waals surface area contributed by atoms with Gasteiger partial charge in [-0.1, -0.05) is 29.8 Å². The van der Waals surface area contributed by atoms with Crippen molar-refractivity contribution in [1.29, 1.82) is 0 Å². The Balaban J connectivity index is 1.96. The van der Waals surface area contributed by atoms with Crippen molar-refractivity contribution in [3.63, 3.8) is 0 Å². The number of ether oxygens (including phenoxy) is 1. The smallest absolute Gasteiger partial charge is 0.227 e. The lowest BCUT2D eigenvalue weighted by Gasteiger charge is -2.09. The molecule has 0 radical (unpaired) electrons. The van der Waals surface area contributed by atoms with E-state index in [1.165, 1.54) is 0 Å². The van der Waals surface area contributed by atoms with E-state index in [4.69, 9.17) is 16.3 Å². The third kappa shape index (κ3) is 2.51. The molecule has 0 saturated heterocycles. The summed E-state index contributed by atoms with van der Waals surface area (Å²) in [6.07, 6.45) is 1.78. The summed E-state index contributed by atoms with van der Waals surface area (Å²) >= 11 is 6.15. The van der Waals surface area contributed by atoms with Crippen LogP contribution >= 0.6 is 11.6 Å². The first-order valence-electron chi connectivity index (χ1n) is 6.08. The van der Waals surface area contributed by atoms with E-state index in [1.807, 2.05) is 24.3 Å². The summed E-state index contributed by atoms with van der Waals surface area (Å²) < 4.78 is 5.18. The number of aromatic nitrogens is 2. The number of nitrogens with zero attached hydrogens (tertiary/aromatic N) is 2. The van der Waals surface area contributed by atoms with Crippen molar-refractivity contribution in [1.82, 2.24) is 9.97 Å². The predicted octanol–water partition coefficient (Wildman–Crippen LogP) is 4.04. The number of para-hydroxylation sites is 1. The quantitative estimate of drug-likeness (QED) is 0.789. The van der Waals surface area contributed by atoms with Crippen LogP contribution in [-0.2, 0) is 0 Å². The molecule has 0 saturated carbocycles. The number of hydrogen-bond donors (Lipinski definition) is 1. The molecule has 0 unspecified atom stereocenters. The van der Waals surface area contributed by atoms with Gasteiger partial charge >= 0.3 is 0 Å². The van der Waals surface area contributed by atoms with Crippen LogP contribution in [0.15, 0.2) is 48.7 Å². The molecular formula is C15H12ClN3O. The number of rotatable bonds is 3. The van der Waals surface area contributed by atoms with Gasteiger partial charge in [0.2, 0.25) is 5.95 Å². The highest BCUT2D eigenvalue weighted by Crippen LogP contribution is 2.28. The zero-order valence-electron chi connectivity index (χ0n) is 10.8. The molecule has 0 fully saturated rings. The van der Waals surface area contributed by atoms with Crippen molar-refractivity contribution in [3.05, 3.63) is 53.7 Å². The normalized spacial score (nSPS) is 10.5. The number of benzene rings is 2. The van der Waals surface area contributed by atoms with E-state index in [2.05, 4.69) is 15.3 Å². The van der Waals surface area contributed by atoms with Gasteiger partial charge in [0.15, 0.2) is 0 Å². The molecule has 0 aliphatic heterocycles. The first-order valence-corrected chi connectivity index (χ1v) is 6.46. The molecule has 0 amide bonds. The summed E-state index contributed by atoms with van der Waals surface area (Å²) in [6, 6.07) is 13.2. The fourth-order valence-corrected chi connectivity index (χ4v) is 2.04. The summed E-state index contributed by atoms with van der Waals surface area (Å²) in [5.41, 5.74) is 1.59. The summed E-state index contributed by atoms with van der Waals surface area (Å²) in [6.45, 7) is 0. The first-order chi connectivity index (χ1) is 9.76. The first kappa shape index (κ1) is 12.7. The molecule has 3 aromatic rings. The Bertz CT molecular complexity index is 761. The van der Waals surface area contributed by atoms with Gasteiger partial charge in [-0.15, -0.1) is 0 Å². The molecule has 0 aliphatic carbocycles. The lowest BCUT2D eigenvalue weighted by Crippen LogP contribution is -1.98. The van der Waals surface area contributed by atoms with Gasteiger partial charge in [-0.25, -0.2) is 9.97 Å². The van der Waals surface area contributed by atoms with Gasteiger partial charge in [-0.05, 0) is 18.2 Å². The van der Waals surface area contributed by atoms with E-state index in [9.17, 15) is 0 Å². The van der Waals surface area contributed by atoms with E-state index in [0.29, 0.717) is 16.7 Å². The van der Waals surface area contributed by atoms with Crippen molar-refractivity contribution < 1.29 is 4.74 Å². The molecule has 20 heavy (non-hydrogen) atoms. The number of fused-ring (bicyclic) bond motifs is 1. The van der Waals surface area contributed by atoms with Crippen LogP contribution in [0.25, 0.3) is 10.9 Å². The third-order valence-corrected chi connectivity index (χ3v) is 3.24. The standard InChI is InChI=1S/C15H12ClN3O/c1-20-11-6-7-12(16)14(8-11)19-15-17-9-10-4-2-3-5-13(10)18-15/h2-9H,1H3,(H,17,18,19). The van der Waals surface area contributed by atoms with E-state index < -0.39 is 0 Å². The molecule has 2 aromatic carbocycles. The predicted molar refractivity (Wildman–Crippen MR) is 80.8 cm³/mol.